The molecule has 0 heteroatoms. The molecule has 2 unspecified atom stereocenters. The van der Waals surface area contributed by atoms with Gasteiger partial charge in [0.1, 0.15) is 0 Å². The molecule has 0 aromatic rings. The Morgan fingerprint density at radius 2 is 1.85 bits per heavy atom. The normalized spacial score (nSPS) is 11.3. The van der Waals surface area contributed by atoms with Crippen LogP contribution in [-0.4, -0.2) is 0 Å². The van der Waals surface area contributed by atoms with Crippen molar-refractivity contribution in [3.05, 3.63) is 6.42 Å². The van der Waals surface area contributed by atoms with Gasteiger partial charge in [0.25, 0.3) is 0 Å². The van der Waals surface area contributed by atoms with Crippen molar-refractivity contribution in [3.63, 3.8) is 0 Å². The summed E-state index contributed by atoms with van der Waals surface area (Å²) in [6.45, 7) is 2.03. The van der Waals surface area contributed by atoms with E-state index in [4.69, 9.17) is 19.3 Å². The van der Waals surface area contributed by atoms with Gasteiger partial charge in [-0.3, -0.25) is 0 Å². The number of terminal acetylenes is 2. The molecule has 0 heterocycles. The lowest BCUT2D eigenvalue weighted by Gasteiger charge is -2.17. The van der Waals surface area contributed by atoms with Gasteiger partial charge in [0.15, 0.2) is 0 Å². The highest BCUT2D eigenvalue weighted by Gasteiger charge is 2.13. The van der Waals surface area contributed by atoms with Crippen molar-refractivity contribution in [1.29, 1.82) is 0 Å². The quantitative estimate of drug-likeness (QED) is 0.558. The van der Waals surface area contributed by atoms with Gasteiger partial charge in [0.2, 0.25) is 0 Å². The Hall–Kier alpha value is -1.32. The average molecular weight is 171 g/mol. The van der Waals surface area contributed by atoms with Crippen LogP contribution in [0.5, 0.6) is 0 Å². The zero-order chi connectivity index (χ0) is 10.1. The van der Waals surface area contributed by atoms with E-state index in [1.54, 1.807) is 0 Å². The third-order valence-electron chi connectivity index (χ3n) is 2.27. The third-order valence-corrected chi connectivity index (χ3v) is 2.27. The second-order valence-corrected chi connectivity index (χ2v) is 3.17. The Labute approximate surface area is 82.1 Å². The fraction of sp³-hybridized carbons (Fsp3) is 0.538. The molecule has 0 aliphatic heterocycles. The summed E-state index contributed by atoms with van der Waals surface area (Å²) in [4.78, 5) is 0. The molecule has 0 N–H and O–H groups in total. The van der Waals surface area contributed by atoms with Crippen molar-refractivity contribution in [2.45, 2.75) is 32.6 Å². The first-order valence-electron chi connectivity index (χ1n) is 4.55. The molecule has 0 aromatic heterocycles. The highest BCUT2D eigenvalue weighted by molar-refractivity contribution is 4.96. The van der Waals surface area contributed by atoms with Crippen LogP contribution in [0.15, 0.2) is 0 Å². The highest BCUT2D eigenvalue weighted by Crippen LogP contribution is 2.21. The fourth-order valence-electron chi connectivity index (χ4n) is 1.31. The van der Waals surface area contributed by atoms with Gasteiger partial charge >= 0.3 is 0 Å². The smallest absolute Gasteiger partial charge is 0.0200 e. The minimum atomic E-state index is 0.252. The van der Waals surface area contributed by atoms with Gasteiger partial charge in [-0.2, -0.15) is 0 Å². The van der Waals surface area contributed by atoms with Crippen molar-refractivity contribution >= 4 is 0 Å². The lowest BCUT2D eigenvalue weighted by molar-refractivity contribution is 0.384. The summed E-state index contributed by atoms with van der Waals surface area (Å²) < 4.78 is 0. The Kier molecular flexibility index (Phi) is 6.59. The van der Waals surface area contributed by atoms with E-state index in [9.17, 15) is 0 Å². The molecule has 13 heavy (non-hydrogen) atoms. The number of hydrogen-bond donors (Lipinski definition) is 0. The maximum Gasteiger partial charge on any atom is 0.0200 e. The van der Waals surface area contributed by atoms with Crippen LogP contribution in [0.3, 0.4) is 0 Å². The van der Waals surface area contributed by atoms with E-state index in [-0.39, 0.29) is 5.92 Å². The van der Waals surface area contributed by atoms with Crippen molar-refractivity contribution < 1.29 is 0 Å². The van der Waals surface area contributed by atoms with E-state index < -0.39 is 0 Å². The fourth-order valence-corrected chi connectivity index (χ4v) is 1.31. The van der Waals surface area contributed by atoms with Crippen LogP contribution in [-0.2, 0) is 0 Å². The minimum Gasteiger partial charge on any atom is -0.120 e. The summed E-state index contributed by atoms with van der Waals surface area (Å²) in [5, 5.41) is 0. The monoisotopic (exact) mass is 171 g/mol. The van der Waals surface area contributed by atoms with E-state index in [0.717, 1.165) is 19.3 Å². The first-order valence-corrected chi connectivity index (χ1v) is 4.55. The summed E-state index contributed by atoms with van der Waals surface area (Å²) in [7, 11) is 0. The first kappa shape index (κ1) is 11.7. The molecule has 0 aliphatic rings. The topological polar surface area (TPSA) is 0 Å². The summed E-state index contributed by atoms with van der Waals surface area (Å²) in [6, 6.07) is 0. The molecular formula is C13H15. The Balaban J connectivity index is 3.99. The van der Waals surface area contributed by atoms with E-state index in [1.807, 2.05) is 6.92 Å². The molecule has 67 valence electrons. The summed E-state index contributed by atoms with van der Waals surface area (Å²) in [5.41, 5.74) is 0. The predicted octanol–water partition coefficient (Wildman–Crippen LogP) is 2.66. The standard InChI is InChI=1S/C13H15/c1-5-8-10-13(11-9-6-2)12(4)7-3/h1,3,12-13H,8-11H2,4H3. The molecule has 1 radical (unpaired) electrons. The number of hydrogen-bond acceptors (Lipinski definition) is 0. The molecule has 0 amide bonds. The Morgan fingerprint density at radius 3 is 2.31 bits per heavy atom. The summed E-state index contributed by atoms with van der Waals surface area (Å²) >= 11 is 0. The molecule has 0 rings (SSSR count). The molecule has 0 aliphatic carbocycles. The molecule has 0 nitrogen and oxygen atoms in total. The first-order chi connectivity index (χ1) is 6.26. The molecule has 0 saturated heterocycles. The van der Waals surface area contributed by atoms with Crippen LogP contribution < -0.4 is 0 Å². The Morgan fingerprint density at radius 1 is 1.23 bits per heavy atom. The van der Waals surface area contributed by atoms with E-state index >= 15 is 0 Å². The van der Waals surface area contributed by atoms with Gasteiger partial charge in [-0.1, -0.05) is 12.8 Å². The second kappa shape index (κ2) is 7.34. The molecule has 0 bridgehead atoms. The van der Waals surface area contributed by atoms with Crippen molar-refractivity contribution in [3.8, 4) is 30.6 Å². The molecular weight excluding hydrogens is 156 g/mol. The maximum atomic E-state index is 6.83. The molecule has 0 aromatic carbocycles. The van der Waals surface area contributed by atoms with Crippen molar-refractivity contribution in [1.82, 2.24) is 0 Å². The lowest BCUT2D eigenvalue weighted by Crippen LogP contribution is -2.09. The highest BCUT2D eigenvalue weighted by atomic mass is 14.2. The summed E-state index contributed by atoms with van der Waals surface area (Å²) in [5.74, 6) is 8.42. The van der Waals surface area contributed by atoms with Crippen LogP contribution in [0.4, 0.5) is 0 Å². The molecule has 2 atom stereocenters. The van der Waals surface area contributed by atoms with E-state index in [1.165, 1.54) is 0 Å². The second-order valence-electron chi connectivity index (χ2n) is 3.17. The van der Waals surface area contributed by atoms with Crippen LogP contribution in [0.2, 0.25) is 0 Å². The van der Waals surface area contributed by atoms with Crippen LogP contribution in [0.25, 0.3) is 0 Å². The van der Waals surface area contributed by atoms with Crippen LogP contribution in [0, 0.1) is 48.9 Å². The van der Waals surface area contributed by atoms with Gasteiger partial charge in [0.05, 0.1) is 0 Å². The summed E-state index contributed by atoms with van der Waals surface area (Å²) in [6.07, 6.45) is 20.7. The van der Waals surface area contributed by atoms with Gasteiger partial charge in [-0.15, -0.1) is 24.7 Å². The zero-order valence-corrected chi connectivity index (χ0v) is 8.14. The zero-order valence-electron chi connectivity index (χ0n) is 8.14. The molecule has 0 fully saturated rings. The van der Waals surface area contributed by atoms with Crippen molar-refractivity contribution in [2.24, 2.45) is 11.8 Å². The molecule has 0 saturated carbocycles. The van der Waals surface area contributed by atoms with E-state index in [0.29, 0.717) is 12.3 Å². The number of rotatable bonds is 5. The van der Waals surface area contributed by atoms with Gasteiger partial charge in [-0.05, 0) is 25.2 Å². The van der Waals surface area contributed by atoms with Gasteiger partial charge in [-0.25, -0.2) is 0 Å². The van der Waals surface area contributed by atoms with Gasteiger partial charge in [0, 0.05) is 18.8 Å². The SMILES string of the molecule is [C]#CCCC(CCC#C)C(C)C#C. The van der Waals surface area contributed by atoms with Crippen molar-refractivity contribution in [2.75, 3.05) is 0 Å². The largest absolute Gasteiger partial charge is 0.120 e. The van der Waals surface area contributed by atoms with Crippen LogP contribution in [0.1, 0.15) is 32.6 Å². The van der Waals surface area contributed by atoms with Crippen LogP contribution >= 0.6 is 0 Å². The van der Waals surface area contributed by atoms with E-state index in [2.05, 4.69) is 17.8 Å². The molecule has 0 spiro atoms. The third kappa shape index (κ3) is 5.00. The lowest BCUT2D eigenvalue weighted by atomic mass is 9.87. The maximum absolute atomic E-state index is 6.83. The van der Waals surface area contributed by atoms with Gasteiger partial charge < -0.3 is 0 Å². The Bertz CT molecular complexity index is 223. The minimum absolute atomic E-state index is 0.252. The average Bonchev–Trinajstić information content (AvgIpc) is 2.17. The predicted molar refractivity (Wildman–Crippen MR) is 55.9 cm³/mol.